The zero-order valence-corrected chi connectivity index (χ0v) is 17.7. The maximum absolute atomic E-state index is 4.13. The third-order valence-corrected chi connectivity index (χ3v) is 6.06. The molecular formula is C27H21N5. The molecule has 154 valence electrons. The van der Waals surface area contributed by atoms with Crippen molar-refractivity contribution in [3.8, 4) is 22.5 Å². The van der Waals surface area contributed by atoms with Crippen LogP contribution < -0.4 is 0 Å². The third-order valence-electron chi connectivity index (χ3n) is 6.06. The van der Waals surface area contributed by atoms with E-state index >= 15 is 0 Å². The number of tetrazole rings is 1. The molecule has 0 aliphatic heterocycles. The number of aromatic nitrogens is 5. The number of hydrogen-bond acceptors (Lipinski definition) is 3. The number of para-hydroxylation sites is 1. The van der Waals surface area contributed by atoms with Crippen molar-refractivity contribution in [3.05, 3.63) is 102 Å². The van der Waals surface area contributed by atoms with Crippen molar-refractivity contribution in [2.45, 2.75) is 13.5 Å². The van der Waals surface area contributed by atoms with Crippen LogP contribution >= 0.6 is 0 Å². The Morgan fingerprint density at radius 1 is 0.719 bits per heavy atom. The van der Waals surface area contributed by atoms with Crippen molar-refractivity contribution < 1.29 is 0 Å². The fourth-order valence-electron chi connectivity index (χ4n) is 4.38. The minimum absolute atomic E-state index is 0.607. The summed E-state index contributed by atoms with van der Waals surface area (Å²) in [6, 6.07) is 32.5. The van der Waals surface area contributed by atoms with Crippen molar-refractivity contribution in [3.63, 3.8) is 0 Å². The van der Waals surface area contributed by atoms with Gasteiger partial charge >= 0.3 is 0 Å². The van der Waals surface area contributed by atoms with Crippen LogP contribution in [0.3, 0.4) is 0 Å². The number of aromatic amines is 1. The molecule has 0 bridgehead atoms. The minimum atomic E-state index is 0.607. The highest BCUT2D eigenvalue weighted by atomic mass is 15.5. The lowest BCUT2D eigenvalue weighted by Crippen LogP contribution is -1.99. The quantitative estimate of drug-likeness (QED) is 0.384. The number of nitrogens with zero attached hydrogens (tertiary/aromatic N) is 4. The summed E-state index contributed by atoms with van der Waals surface area (Å²) in [6.45, 7) is 2.92. The Bertz CT molecular complexity index is 1530. The largest absolute Gasteiger partial charge is 0.336 e. The molecule has 0 atom stereocenters. The standard InChI is InChI=1S/C27H21N5/c1-18-6-10-20(11-7-18)21-12-8-19(9-13-21)17-32-25-5-3-2-4-23(25)24-16-22(14-15-26(24)32)27-28-30-31-29-27/h2-16H,17H2,1H3,(H,28,29,30,31). The fraction of sp³-hybridized carbons (Fsp3) is 0.0741. The molecule has 6 rings (SSSR count). The average molecular weight is 416 g/mol. The number of H-pyrrole nitrogens is 1. The fourth-order valence-corrected chi connectivity index (χ4v) is 4.38. The predicted molar refractivity (Wildman–Crippen MR) is 128 cm³/mol. The first-order valence-corrected chi connectivity index (χ1v) is 10.7. The highest BCUT2D eigenvalue weighted by Crippen LogP contribution is 2.32. The van der Waals surface area contributed by atoms with E-state index in [0.717, 1.165) is 12.1 Å². The monoisotopic (exact) mass is 415 g/mol. The summed E-state index contributed by atoms with van der Waals surface area (Å²) < 4.78 is 2.38. The van der Waals surface area contributed by atoms with E-state index in [4.69, 9.17) is 0 Å². The van der Waals surface area contributed by atoms with Crippen LogP contribution in [0.25, 0.3) is 44.3 Å². The number of aryl methyl sites for hydroxylation is 1. The van der Waals surface area contributed by atoms with E-state index in [0.29, 0.717) is 5.82 Å². The lowest BCUT2D eigenvalue weighted by molar-refractivity contribution is 0.869. The molecule has 2 heterocycles. The molecule has 0 unspecified atom stereocenters. The van der Waals surface area contributed by atoms with Crippen molar-refractivity contribution in [2.75, 3.05) is 0 Å². The van der Waals surface area contributed by atoms with Crippen LogP contribution in [0.1, 0.15) is 11.1 Å². The Morgan fingerprint density at radius 2 is 1.41 bits per heavy atom. The van der Waals surface area contributed by atoms with Crippen LogP contribution in [0.15, 0.2) is 91.0 Å². The molecule has 2 aromatic heterocycles. The normalized spacial score (nSPS) is 11.4. The van der Waals surface area contributed by atoms with Gasteiger partial charge in [-0.05, 0) is 53.1 Å². The van der Waals surface area contributed by atoms with E-state index in [9.17, 15) is 0 Å². The second-order valence-corrected chi connectivity index (χ2v) is 8.13. The zero-order chi connectivity index (χ0) is 21.5. The van der Waals surface area contributed by atoms with Gasteiger partial charge in [-0.1, -0.05) is 72.3 Å². The maximum atomic E-state index is 4.13. The van der Waals surface area contributed by atoms with Crippen LogP contribution in [-0.2, 0) is 6.54 Å². The van der Waals surface area contributed by atoms with Crippen LogP contribution in [0.4, 0.5) is 0 Å². The Kier molecular flexibility index (Phi) is 4.32. The molecule has 5 nitrogen and oxygen atoms in total. The molecule has 0 spiro atoms. The predicted octanol–water partition coefficient (Wildman–Crippen LogP) is 6.00. The van der Waals surface area contributed by atoms with Gasteiger partial charge in [-0.3, -0.25) is 0 Å². The molecule has 0 radical (unpaired) electrons. The topological polar surface area (TPSA) is 59.4 Å². The summed E-state index contributed by atoms with van der Waals surface area (Å²) in [7, 11) is 0. The second kappa shape index (κ2) is 7.46. The molecule has 32 heavy (non-hydrogen) atoms. The molecular weight excluding hydrogens is 394 g/mol. The van der Waals surface area contributed by atoms with Gasteiger partial charge in [0.2, 0.25) is 5.82 Å². The molecule has 0 aliphatic rings. The summed E-state index contributed by atoms with van der Waals surface area (Å²) >= 11 is 0. The Balaban J connectivity index is 1.41. The molecule has 0 fully saturated rings. The second-order valence-electron chi connectivity index (χ2n) is 8.13. The smallest absolute Gasteiger partial charge is 0.204 e. The van der Waals surface area contributed by atoms with E-state index in [1.54, 1.807) is 0 Å². The molecule has 0 saturated heterocycles. The van der Waals surface area contributed by atoms with Gasteiger partial charge in [-0.25, -0.2) is 0 Å². The lowest BCUT2D eigenvalue weighted by Gasteiger charge is -2.09. The van der Waals surface area contributed by atoms with E-state index in [1.807, 2.05) is 0 Å². The van der Waals surface area contributed by atoms with Crippen LogP contribution in [0.2, 0.25) is 0 Å². The number of fused-ring (bicyclic) bond motifs is 3. The van der Waals surface area contributed by atoms with E-state index in [2.05, 4.69) is 123 Å². The zero-order valence-electron chi connectivity index (χ0n) is 17.7. The van der Waals surface area contributed by atoms with Crippen molar-refractivity contribution in [1.82, 2.24) is 25.2 Å². The summed E-state index contributed by atoms with van der Waals surface area (Å²) in [6.07, 6.45) is 0. The van der Waals surface area contributed by atoms with Crippen LogP contribution in [0, 0.1) is 6.92 Å². The molecule has 0 aliphatic carbocycles. The minimum Gasteiger partial charge on any atom is -0.336 e. The van der Waals surface area contributed by atoms with E-state index in [1.165, 1.54) is 44.1 Å². The highest BCUT2D eigenvalue weighted by Gasteiger charge is 2.13. The summed E-state index contributed by atoms with van der Waals surface area (Å²) in [5, 5.41) is 16.9. The summed E-state index contributed by atoms with van der Waals surface area (Å²) in [5.41, 5.74) is 8.40. The van der Waals surface area contributed by atoms with Crippen molar-refractivity contribution in [1.29, 1.82) is 0 Å². The third kappa shape index (κ3) is 3.15. The Hall–Kier alpha value is -4.25. The van der Waals surface area contributed by atoms with Crippen molar-refractivity contribution in [2.24, 2.45) is 0 Å². The van der Waals surface area contributed by atoms with Gasteiger partial charge in [0.1, 0.15) is 0 Å². The molecule has 1 N–H and O–H groups in total. The van der Waals surface area contributed by atoms with E-state index < -0.39 is 0 Å². The molecule has 6 aromatic rings. The molecule has 0 amide bonds. The molecule has 0 saturated carbocycles. The van der Waals surface area contributed by atoms with Gasteiger partial charge in [-0.2, -0.15) is 5.21 Å². The Labute approximate surface area is 185 Å². The summed E-state index contributed by atoms with van der Waals surface area (Å²) in [5.74, 6) is 0.607. The Morgan fingerprint density at radius 3 is 2.16 bits per heavy atom. The number of rotatable bonds is 4. The first-order valence-electron chi connectivity index (χ1n) is 10.7. The van der Waals surface area contributed by atoms with Gasteiger partial charge in [-0.15, -0.1) is 10.2 Å². The van der Waals surface area contributed by atoms with Gasteiger partial charge < -0.3 is 4.57 Å². The average Bonchev–Trinajstić information content (AvgIpc) is 3.48. The van der Waals surface area contributed by atoms with Crippen LogP contribution in [-0.4, -0.2) is 25.2 Å². The number of benzene rings is 4. The van der Waals surface area contributed by atoms with Gasteiger partial charge in [0.05, 0.1) is 0 Å². The summed E-state index contributed by atoms with van der Waals surface area (Å²) in [4.78, 5) is 0. The first kappa shape index (κ1) is 18.5. The SMILES string of the molecule is Cc1ccc(-c2ccc(Cn3c4ccccc4c4cc(-c5nn[nH]n5)ccc43)cc2)cc1. The van der Waals surface area contributed by atoms with Crippen molar-refractivity contribution >= 4 is 21.8 Å². The maximum Gasteiger partial charge on any atom is 0.204 e. The van der Waals surface area contributed by atoms with Gasteiger partial charge in [0, 0.05) is 33.9 Å². The number of nitrogens with one attached hydrogen (secondary N) is 1. The van der Waals surface area contributed by atoms with Crippen LogP contribution in [0.5, 0.6) is 0 Å². The van der Waals surface area contributed by atoms with Gasteiger partial charge in [0.25, 0.3) is 0 Å². The lowest BCUT2D eigenvalue weighted by atomic mass is 10.0. The van der Waals surface area contributed by atoms with E-state index in [-0.39, 0.29) is 0 Å². The van der Waals surface area contributed by atoms with Gasteiger partial charge in [0.15, 0.2) is 0 Å². The molecule has 4 aromatic carbocycles. The number of hydrogen-bond donors (Lipinski definition) is 1. The highest BCUT2D eigenvalue weighted by molar-refractivity contribution is 6.09. The first-order chi connectivity index (χ1) is 15.8. The molecule has 5 heteroatoms.